The molecular weight excluding hydrogens is 457 g/mol. The van der Waals surface area contributed by atoms with Gasteiger partial charge in [0.2, 0.25) is 0 Å². The first-order valence-corrected chi connectivity index (χ1v) is 11.5. The first-order valence-electron chi connectivity index (χ1n) is 11.5. The number of pyridine rings is 1. The van der Waals surface area contributed by atoms with Crippen molar-refractivity contribution in [3.63, 3.8) is 0 Å². The minimum atomic E-state index is -0.312. The molecule has 7 rings (SSSR count). The van der Waals surface area contributed by atoms with Crippen molar-refractivity contribution in [2.75, 3.05) is 18.0 Å². The third kappa shape index (κ3) is 3.30. The lowest BCUT2D eigenvalue weighted by Crippen LogP contribution is -2.56. The number of aromatic nitrogens is 7. The molecule has 0 atom stereocenters. The second-order valence-corrected chi connectivity index (χ2v) is 8.88. The van der Waals surface area contributed by atoms with Gasteiger partial charge in [-0.1, -0.05) is 24.3 Å². The second kappa shape index (κ2) is 7.92. The lowest BCUT2D eigenvalue weighted by Gasteiger charge is -2.37. The topological polar surface area (TPSA) is 125 Å². The van der Waals surface area contributed by atoms with E-state index in [9.17, 15) is 4.39 Å². The summed E-state index contributed by atoms with van der Waals surface area (Å²) in [6.45, 7) is 1.55. The Hall–Kier alpha value is -4.70. The second-order valence-electron chi connectivity index (χ2n) is 8.88. The number of benzene rings is 2. The van der Waals surface area contributed by atoms with Gasteiger partial charge in [-0.25, -0.2) is 19.3 Å². The van der Waals surface area contributed by atoms with Gasteiger partial charge in [0.05, 0.1) is 23.6 Å². The van der Waals surface area contributed by atoms with E-state index in [1.165, 1.54) is 6.07 Å². The van der Waals surface area contributed by atoms with E-state index in [0.717, 1.165) is 41.1 Å². The molecule has 0 aliphatic carbocycles. The highest BCUT2D eigenvalue weighted by molar-refractivity contribution is 5.97. The molecule has 1 saturated heterocycles. The van der Waals surface area contributed by atoms with Crippen LogP contribution in [0.2, 0.25) is 0 Å². The summed E-state index contributed by atoms with van der Waals surface area (Å²) >= 11 is 0. The standard InChI is InChI=1S/C26H20FN9/c27-19-4-2-1-3-16(19)17-7-8-30-25-23(17)32-26(33-25)24-18-9-14(5-6-20(18)34-35-24)21-10-29-11-22(31-21)36-12-15(28)13-36/h1-11,15H,12-13,28H2,(H,34,35)(H,30,32,33). The van der Waals surface area contributed by atoms with Crippen LogP contribution in [0.5, 0.6) is 0 Å². The summed E-state index contributed by atoms with van der Waals surface area (Å²) in [6, 6.07) is 14.5. The Morgan fingerprint density at radius 3 is 2.75 bits per heavy atom. The van der Waals surface area contributed by atoms with E-state index in [4.69, 9.17) is 15.7 Å². The zero-order chi connectivity index (χ0) is 24.2. The lowest BCUT2D eigenvalue weighted by molar-refractivity contribution is 0.514. The summed E-state index contributed by atoms with van der Waals surface area (Å²) in [7, 11) is 0. The predicted octanol–water partition coefficient (Wildman–Crippen LogP) is 3.91. The molecule has 176 valence electrons. The number of hydrogen-bond acceptors (Lipinski definition) is 7. The maximum absolute atomic E-state index is 14.5. The molecule has 4 aromatic heterocycles. The largest absolute Gasteiger partial charge is 0.352 e. The van der Waals surface area contributed by atoms with Crippen molar-refractivity contribution in [2.45, 2.75) is 6.04 Å². The fraction of sp³-hybridized carbons (Fsp3) is 0.115. The molecule has 4 N–H and O–H groups in total. The van der Waals surface area contributed by atoms with E-state index >= 15 is 0 Å². The van der Waals surface area contributed by atoms with Crippen LogP contribution in [-0.4, -0.2) is 54.2 Å². The average Bonchev–Trinajstić information content (AvgIpc) is 3.51. The third-order valence-electron chi connectivity index (χ3n) is 6.49. The molecule has 36 heavy (non-hydrogen) atoms. The van der Waals surface area contributed by atoms with Crippen LogP contribution in [0.15, 0.2) is 67.1 Å². The molecule has 1 fully saturated rings. The van der Waals surface area contributed by atoms with Crippen molar-refractivity contribution < 1.29 is 4.39 Å². The van der Waals surface area contributed by atoms with E-state index in [-0.39, 0.29) is 11.9 Å². The van der Waals surface area contributed by atoms with E-state index in [1.807, 2.05) is 18.2 Å². The normalized spacial score (nSPS) is 14.0. The molecular formula is C26H20FN9. The number of halogens is 1. The number of nitrogens with two attached hydrogens (primary N) is 1. The highest BCUT2D eigenvalue weighted by atomic mass is 19.1. The minimum absolute atomic E-state index is 0.178. The minimum Gasteiger partial charge on any atom is -0.352 e. The molecule has 2 aromatic carbocycles. The Kier molecular flexibility index (Phi) is 4.55. The van der Waals surface area contributed by atoms with Crippen LogP contribution in [0.3, 0.4) is 0 Å². The summed E-state index contributed by atoms with van der Waals surface area (Å²) in [4.78, 5) is 23.7. The van der Waals surface area contributed by atoms with E-state index in [0.29, 0.717) is 33.8 Å². The summed E-state index contributed by atoms with van der Waals surface area (Å²) in [5.41, 5.74) is 11.4. The number of H-pyrrole nitrogens is 2. The van der Waals surface area contributed by atoms with Crippen molar-refractivity contribution in [3.8, 4) is 33.9 Å². The van der Waals surface area contributed by atoms with Gasteiger partial charge < -0.3 is 15.6 Å². The van der Waals surface area contributed by atoms with Crippen molar-refractivity contribution in [1.82, 2.24) is 35.1 Å². The maximum atomic E-state index is 14.5. The van der Waals surface area contributed by atoms with Crippen LogP contribution in [0.1, 0.15) is 0 Å². The predicted molar refractivity (Wildman–Crippen MR) is 136 cm³/mol. The van der Waals surface area contributed by atoms with Crippen molar-refractivity contribution in [2.24, 2.45) is 5.73 Å². The molecule has 5 heterocycles. The quantitative estimate of drug-likeness (QED) is 0.351. The zero-order valence-electron chi connectivity index (χ0n) is 19.0. The number of hydrogen-bond donors (Lipinski definition) is 3. The Balaban J connectivity index is 1.32. The van der Waals surface area contributed by atoms with Crippen molar-refractivity contribution in [3.05, 3.63) is 72.9 Å². The molecule has 6 aromatic rings. The van der Waals surface area contributed by atoms with Crippen molar-refractivity contribution >= 4 is 27.9 Å². The molecule has 0 spiro atoms. The Morgan fingerprint density at radius 2 is 1.89 bits per heavy atom. The number of aromatic amines is 2. The Labute approximate surface area is 204 Å². The first-order chi connectivity index (χ1) is 17.6. The summed E-state index contributed by atoms with van der Waals surface area (Å²) in [5, 5.41) is 8.45. The SMILES string of the molecule is NC1CN(c2cncc(-c3ccc4[nH]nc(-c5nc6c(-c7ccccc7F)ccnc6[nH]5)c4c3)n2)C1. The smallest absolute Gasteiger partial charge is 0.160 e. The molecule has 1 aliphatic heterocycles. The monoisotopic (exact) mass is 477 g/mol. The third-order valence-corrected chi connectivity index (χ3v) is 6.49. The Bertz CT molecular complexity index is 1750. The molecule has 0 saturated carbocycles. The van der Waals surface area contributed by atoms with Gasteiger partial charge in [-0.3, -0.25) is 10.1 Å². The van der Waals surface area contributed by atoms with Gasteiger partial charge in [-0.2, -0.15) is 5.10 Å². The number of nitrogens with zero attached hydrogens (tertiary/aromatic N) is 6. The number of fused-ring (bicyclic) bond motifs is 2. The van der Waals surface area contributed by atoms with Crippen LogP contribution >= 0.6 is 0 Å². The molecule has 1 aliphatic rings. The van der Waals surface area contributed by atoms with Gasteiger partial charge in [0.1, 0.15) is 22.8 Å². The average molecular weight is 478 g/mol. The summed E-state index contributed by atoms with van der Waals surface area (Å²) in [6.07, 6.45) is 5.14. The van der Waals surface area contributed by atoms with Gasteiger partial charge in [-0.05, 0) is 24.3 Å². The summed E-state index contributed by atoms with van der Waals surface area (Å²) < 4.78 is 14.5. The van der Waals surface area contributed by atoms with E-state index in [1.54, 1.807) is 42.9 Å². The summed E-state index contributed by atoms with van der Waals surface area (Å²) in [5.74, 6) is 1.04. The van der Waals surface area contributed by atoms with Crippen LogP contribution in [-0.2, 0) is 0 Å². The van der Waals surface area contributed by atoms with Crippen LogP contribution in [0.25, 0.3) is 56.0 Å². The highest BCUT2D eigenvalue weighted by Gasteiger charge is 2.25. The molecule has 0 unspecified atom stereocenters. The number of imidazole rings is 1. The first kappa shape index (κ1) is 20.7. The zero-order valence-corrected chi connectivity index (χ0v) is 19.0. The van der Waals surface area contributed by atoms with Crippen LogP contribution < -0.4 is 10.6 Å². The van der Waals surface area contributed by atoms with Gasteiger partial charge >= 0.3 is 0 Å². The van der Waals surface area contributed by atoms with Crippen LogP contribution in [0.4, 0.5) is 10.2 Å². The van der Waals surface area contributed by atoms with Crippen LogP contribution in [0, 0.1) is 5.82 Å². The number of anilines is 1. The Morgan fingerprint density at radius 1 is 1.00 bits per heavy atom. The number of nitrogens with one attached hydrogen (secondary N) is 2. The van der Waals surface area contributed by atoms with Gasteiger partial charge in [0, 0.05) is 47.4 Å². The number of rotatable bonds is 4. The van der Waals surface area contributed by atoms with E-state index in [2.05, 4.69) is 30.0 Å². The molecule has 0 bridgehead atoms. The fourth-order valence-corrected chi connectivity index (χ4v) is 4.62. The van der Waals surface area contributed by atoms with Crippen molar-refractivity contribution in [1.29, 1.82) is 0 Å². The molecule has 0 amide bonds. The lowest BCUT2D eigenvalue weighted by atomic mass is 10.1. The highest BCUT2D eigenvalue weighted by Crippen LogP contribution is 2.33. The van der Waals surface area contributed by atoms with Gasteiger partial charge in [0.15, 0.2) is 11.5 Å². The fourth-order valence-electron chi connectivity index (χ4n) is 4.62. The molecule has 0 radical (unpaired) electrons. The van der Waals surface area contributed by atoms with Gasteiger partial charge in [0.25, 0.3) is 0 Å². The maximum Gasteiger partial charge on any atom is 0.160 e. The van der Waals surface area contributed by atoms with Gasteiger partial charge in [-0.15, -0.1) is 0 Å². The van der Waals surface area contributed by atoms with E-state index < -0.39 is 0 Å². The molecule has 9 nitrogen and oxygen atoms in total. The molecule has 10 heteroatoms.